The van der Waals surface area contributed by atoms with Crippen LogP contribution in [0.1, 0.15) is 23.3 Å². The lowest BCUT2D eigenvalue weighted by atomic mass is 10.3. The van der Waals surface area contributed by atoms with E-state index in [4.69, 9.17) is 9.84 Å². The number of amides is 1. The van der Waals surface area contributed by atoms with Gasteiger partial charge in [0.25, 0.3) is 5.91 Å². The number of rotatable bonds is 8. The molecule has 1 aromatic rings. The number of aromatic nitrogens is 1. The summed E-state index contributed by atoms with van der Waals surface area (Å²) in [5, 5.41) is 11.4. The molecule has 0 saturated heterocycles. The Morgan fingerprint density at radius 2 is 2.22 bits per heavy atom. The molecule has 1 aromatic heterocycles. The van der Waals surface area contributed by atoms with Gasteiger partial charge in [0.15, 0.2) is 0 Å². The van der Waals surface area contributed by atoms with Crippen molar-refractivity contribution >= 4 is 11.9 Å². The zero-order valence-corrected chi connectivity index (χ0v) is 10.4. The first-order valence-electron chi connectivity index (χ1n) is 5.79. The van der Waals surface area contributed by atoms with Gasteiger partial charge in [0, 0.05) is 26.5 Å². The van der Waals surface area contributed by atoms with E-state index < -0.39 is 5.97 Å². The van der Waals surface area contributed by atoms with Gasteiger partial charge >= 0.3 is 5.97 Å². The van der Waals surface area contributed by atoms with Gasteiger partial charge < -0.3 is 19.7 Å². The van der Waals surface area contributed by atoms with Crippen LogP contribution in [0, 0.1) is 0 Å². The highest BCUT2D eigenvalue weighted by molar-refractivity contribution is 5.93. The van der Waals surface area contributed by atoms with E-state index in [0.29, 0.717) is 18.8 Å². The number of carboxylic acid groups (broad SMARTS) is 1. The number of unbranched alkanes of at least 4 members (excludes halogenated alkanes) is 1. The third-order valence-electron chi connectivity index (χ3n) is 2.43. The molecule has 2 N–H and O–H groups in total. The van der Waals surface area contributed by atoms with E-state index in [-0.39, 0.29) is 12.5 Å². The number of ether oxygens (including phenoxy) is 1. The number of nitrogens with zero attached hydrogens (tertiary/aromatic N) is 1. The van der Waals surface area contributed by atoms with Crippen LogP contribution >= 0.6 is 0 Å². The van der Waals surface area contributed by atoms with Crippen molar-refractivity contribution in [3.8, 4) is 0 Å². The summed E-state index contributed by atoms with van der Waals surface area (Å²) in [5.41, 5.74) is 0.365. The molecule has 0 saturated carbocycles. The molecule has 6 nitrogen and oxygen atoms in total. The largest absolute Gasteiger partial charge is 0.480 e. The highest BCUT2D eigenvalue weighted by Crippen LogP contribution is 2.02. The molecular weight excluding hydrogens is 236 g/mol. The molecule has 0 radical (unpaired) electrons. The van der Waals surface area contributed by atoms with Crippen LogP contribution in [0.3, 0.4) is 0 Å². The quantitative estimate of drug-likeness (QED) is 0.670. The van der Waals surface area contributed by atoms with Crippen LogP contribution in [0.25, 0.3) is 0 Å². The van der Waals surface area contributed by atoms with Gasteiger partial charge in [-0.15, -0.1) is 0 Å². The molecule has 1 rings (SSSR count). The highest BCUT2D eigenvalue weighted by Gasteiger charge is 2.11. The molecular formula is C12H18N2O4. The molecule has 0 aliphatic carbocycles. The minimum Gasteiger partial charge on any atom is -0.480 e. The Kier molecular flexibility index (Phi) is 5.93. The lowest BCUT2D eigenvalue weighted by Gasteiger charge is -2.07. The summed E-state index contributed by atoms with van der Waals surface area (Å²) in [6, 6.07) is 3.26. The first kappa shape index (κ1) is 14.2. The SMILES string of the molecule is COCCCCNC(=O)c1cccn1CC(=O)O. The minimum atomic E-state index is -0.972. The van der Waals surface area contributed by atoms with Crippen molar-refractivity contribution in [1.29, 1.82) is 0 Å². The maximum Gasteiger partial charge on any atom is 0.323 e. The Hall–Kier alpha value is -1.82. The van der Waals surface area contributed by atoms with Gasteiger partial charge in [0.1, 0.15) is 12.2 Å². The lowest BCUT2D eigenvalue weighted by molar-refractivity contribution is -0.137. The van der Waals surface area contributed by atoms with Gasteiger partial charge in [-0.25, -0.2) is 0 Å². The number of nitrogens with one attached hydrogen (secondary N) is 1. The lowest BCUT2D eigenvalue weighted by Crippen LogP contribution is -2.27. The molecule has 0 aliphatic rings. The van der Waals surface area contributed by atoms with Crippen LogP contribution in [0.15, 0.2) is 18.3 Å². The van der Waals surface area contributed by atoms with E-state index in [9.17, 15) is 9.59 Å². The maximum absolute atomic E-state index is 11.8. The fourth-order valence-electron chi connectivity index (χ4n) is 1.57. The normalized spacial score (nSPS) is 10.3. The Labute approximate surface area is 106 Å². The van der Waals surface area contributed by atoms with Gasteiger partial charge in [-0.1, -0.05) is 0 Å². The van der Waals surface area contributed by atoms with Crippen LogP contribution in [0.4, 0.5) is 0 Å². The topological polar surface area (TPSA) is 80.6 Å². The molecule has 100 valence electrons. The van der Waals surface area contributed by atoms with Crippen molar-refractivity contribution in [2.45, 2.75) is 19.4 Å². The number of methoxy groups -OCH3 is 1. The molecule has 0 atom stereocenters. The molecule has 0 bridgehead atoms. The van der Waals surface area contributed by atoms with Crippen molar-refractivity contribution < 1.29 is 19.4 Å². The minimum absolute atomic E-state index is 0.209. The summed E-state index contributed by atoms with van der Waals surface area (Å²) >= 11 is 0. The molecule has 0 aliphatic heterocycles. The number of aliphatic carboxylic acids is 1. The van der Waals surface area contributed by atoms with E-state index in [1.54, 1.807) is 25.4 Å². The van der Waals surface area contributed by atoms with Crippen LogP contribution in [-0.2, 0) is 16.1 Å². The maximum atomic E-state index is 11.8. The molecule has 0 fully saturated rings. The molecule has 6 heteroatoms. The van der Waals surface area contributed by atoms with E-state index in [1.807, 2.05) is 0 Å². The second kappa shape index (κ2) is 7.50. The van der Waals surface area contributed by atoms with E-state index in [2.05, 4.69) is 5.32 Å². The Bertz CT molecular complexity index is 401. The smallest absolute Gasteiger partial charge is 0.323 e. The van der Waals surface area contributed by atoms with Crippen molar-refractivity contribution in [3.05, 3.63) is 24.0 Å². The molecule has 1 amide bonds. The van der Waals surface area contributed by atoms with Crippen molar-refractivity contribution in [3.63, 3.8) is 0 Å². The second-order valence-electron chi connectivity index (χ2n) is 3.87. The Morgan fingerprint density at radius 3 is 2.89 bits per heavy atom. The molecule has 0 unspecified atom stereocenters. The summed E-state index contributed by atoms with van der Waals surface area (Å²) in [6.45, 7) is 1.02. The van der Waals surface area contributed by atoms with Gasteiger partial charge in [-0.3, -0.25) is 9.59 Å². The average molecular weight is 254 g/mol. The van der Waals surface area contributed by atoms with E-state index in [0.717, 1.165) is 12.8 Å². The van der Waals surface area contributed by atoms with Crippen LogP contribution in [0.2, 0.25) is 0 Å². The Balaban J connectivity index is 2.41. The van der Waals surface area contributed by atoms with Crippen molar-refractivity contribution in [1.82, 2.24) is 9.88 Å². The fourth-order valence-corrected chi connectivity index (χ4v) is 1.57. The first-order chi connectivity index (χ1) is 8.65. The molecule has 0 spiro atoms. The molecule has 0 aromatic carbocycles. The predicted molar refractivity (Wildman–Crippen MR) is 65.5 cm³/mol. The van der Waals surface area contributed by atoms with Crippen molar-refractivity contribution in [2.24, 2.45) is 0 Å². The Morgan fingerprint density at radius 1 is 1.44 bits per heavy atom. The molecule has 18 heavy (non-hydrogen) atoms. The second-order valence-corrected chi connectivity index (χ2v) is 3.87. The highest BCUT2D eigenvalue weighted by atomic mass is 16.5. The first-order valence-corrected chi connectivity index (χ1v) is 5.79. The number of hydrogen-bond donors (Lipinski definition) is 2. The van der Waals surface area contributed by atoms with Gasteiger partial charge in [0.2, 0.25) is 0 Å². The third-order valence-corrected chi connectivity index (χ3v) is 2.43. The number of carbonyl (C=O) groups is 2. The molecule has 1 heterocycles. The summed E-state index contributed by atoms with van der Waals surface area (Å²) in [6.07, 6.45) is 3.29. The summed E-state index contributed by atoms with van der Waals surface area (Å²) in [4.78, 5) is 22.4. The number of carboxylic acids is 1. The zero-order valence-electron chi connectivity index (χ0n) is 10.4. The average Bonchev–Trinajstić information content (AvgIpc) is 2.76. The summed E-state index contributed by atoms with van der Waals surface area (Å²) in [7, 11) is 1.64. The zero-order chi connectivity index (χ0) is 13.4. The fraction of sp³-hybridized carbons (Fsp3) is 0.500. The number of hydrogen-bond acceptors (Lipinski definition) is 3. The van der Waals surface area contributed by atoms with Crippen LogP contribution in [-0.4, -0.2) is 41.8 Å². The summed E-state index contributed by atoms with van der Waals surface area (Å²) < 4.78 is 6.31. The standard InChI is InChI=1S/C12H18N2O4/c1-18-8-3-2-6-13-12(17)10-5-4-7-14(10)9-11(15)16/h4-5,7H,2-3,6,8-9H2,1H3,(H,13,17)(H,15,16). The third kappa shape index (κ3) is 4.58. The van der Waals surface area contributed by atoms with Crippen LogP contribution < -0.4 is 5.32 Å². The van der Waals surface area contributed by atoms with Crippen LogP contribution in [0.5, 0.6) is 0 Å². The predicted octanol–water partition coefficient (Wildman–Crippen LogP) is 0.729. The summed E-state index contributed by atoms with van der Waals surface area (Å²) in [5.74, 6) is -1.22. The number of carbonyl (C=O) groups excluding carboxylic acids is 1. The van der Waals surface area contributed by atoms with E-state index >= 15 is 0 Å². The van der Waals surface area contributed by atoms with Gasteiger partial charge in [-0.05, 0) is 25.0 Å². The monoisotopic (exact) mass is 254 g/mol. The van der Waals surface area contributed by atoms with Gasteiger partial charge in [-0.2, -0.15) is 0 Å². The van der Waals surface area contributed by atoms with E-state index in [1.165, 1.54) is 4.57 Å². The van der Waals surface area contributed by atoms with Gasteiger partial charge in [0.05, 0.1) is 0 Å². The van der Waals surface area contributed by atoms with Crippen molar-refractivity contribution in [2.75, 3.05) is 20.3 Å².